The quantitative estimate of drug-likeness (QED) is 0.671. The predicted molar refractivity (Wildman–Crippen MR) is 57.4 cm³/mol. The van der Waals surface area contributed by atoms with Crippen molar-refractivity contribution >= 4 is 0 Å². The Hall–Kier alpha value is -1.03. The molecule has 2 N–H and O–H groups in total. The Labute approximate surface area is 84.7 Å². The van der Waals surface area contributed by atoms with Crippen LogP contribution in [0.25, 0.3) is 0 Å². The highest BCUT2D eigenvalue weighted by atomic mass is 16.5. The molecule has 14 heavy (non-hydrogen) atoms. The van der Waals surface area contributed by atoms with Crippen molar-refractivity contribution < 1.29 is 4.52 Å². The smallest absolute Gasteiger partial charge is 0.279 e. The topological polar surface area (TPSA) is 58.0 Å². The van der Waals surface area contributed by atoms with Gasteiger partial charge in [-0.2, -0.15) is 5.16 Å². The van der Waals surface area contributed by atoms with Crippen molar-refractivity contribution in [3.8, 4) is 0 Å². The van der Waals surface area contributed by atoms with Crippen LogP contribution < -0.4 is 10.9 Å². The van der Waals surface area contributed by atoms with Gasteiger partial charge in [0.15, 0.2) is 0 Å². The Kier molecular flexibility index (Phi) is 9.31. The molecule has 0 unspecified atom stereocenters. The molecule has 0 aromatic carbocycles. The highest BCUT2D eigenvalue weighted by molar-refractivity contribution is 4.71. The van der Waals surface area contributed by atoms with Crippen LogP contribution in [0.15, 0.2) is 21.6 Å². The Morgan fingerprint density at radius 2 is 1.86 bits per heavy atom. The standard InChI is InChI=1S/C5H11N.C3H3NO2.C2H6/c1-2-4-6-5-3-1;5-3-1-2-6-4-3;1-2/h6H,1-5H2;1-2H,(H,4,5);1-2H3. The SMILES string of the molecule is C1CCNCC1.CC.O=c1cco[nH]1. The summed E-state index contributed by atoms with van der Waals surface area (Å²) < 4.78 is 4.28. The van der Waals surface area contributed by atoms with Gasteiger partial charge in [-0.1, -0.05) is 20.3 Å². The Morgan fingerprint density at radius 3 is 2.00 bits per heavy atom. The van der Waals surface area contributed by atoms with Gasteiger partial charge in [-0.15, -0.1) is 0 Å². The number of rotatable bonds is 0. The third-order valence-electron chi connectivity index (χ3n) is 1.65. The lowest BCUT2D eigenvalue weighted by Crippen LogP contribution is -2.21. The molecule has 0 radical (unpaired) electrons. The highest BCUT2D eigenvalue weighted by Crippen LogP contribution is 1.96. The second-order valence-electron chi connectivity index (χ2n) is 2.70. The second kappa shape index (κ2) is 10.1. The van der Waals surface area contributed by atoms with E-state index >= 15 is 0 Å². The largest absolute Gasteiger partial charge is 0.387 e. The monoisotopic (exact) mass is 200 g/mol. The van der Waals surface area contributed by atoms with Gasteiger partial charge in [-0.05, 0) is 25.9 Å². The summed E-state index contributed by atoms with van der Waals surface area (Å²) in [6.07, 6.45) is 5.51. The van der Waals surface area contributed by atoms with E-state index in [9.17, 15) is 4.79 Å². The summed E-state index contributed by atoms with van der Waals surface area (Å²) in [4.78, 5) is 9.92. The number of nitrogens with one attached hydrogen (secondary N) is 2. The Morgan fingerprint density at radius 1 is 1.21 bits per heavy atom. The van der Waals surface area contributed by atoms with Gasteiger partial charge in [0.05, 0.1) is 0 Å². The molecule has 1 aliphatic heterocycles. The van der Waals surface area contributed by atoms with Gasteiger partial charge in [-0.25, -0.2) is 0 Å². The van der Waals surface area contributed by atoms with E-state index in [1.54, 1.807) is 0 Å². The number of hydrogen-bond acceptors (Lipinski definition) is 3. The van der Waals surface area contributed by atoms with Gasteiger partial charge in [0.1, 0.15) is 6.26 Å². The van der Waals surface area contributed by atoms with Gasteiger partial charge in [0.25, 0.3) is 5.56 Å². The molecule has 2 heterocycles. The zero-order valence-corrected chi connectivity index (χ0v) is 9.01. The third kappa shape index (κ3) is 7.61. The van der Waals surface area contributed by atoms with E-state index in [0.29, 0.717) is 0 Å². The van der Waals surface area contributed by atoms with Crippen LogP contribution in [0.3, 0.4) is 0 Å². The summed E-state index contributed by atoms with van der Waals surface area (Å²) in [5.74, 6) is 0. The molecule has 4 heteroatoms. The van der Waals surface area contributed by atoms with Gasteiger partial charge >= 0.3 is 0 Å². The molecule has 2 rings (SSSR count). The minimum absolute atomic E-state index is 0.199. The van der Waals surface area contributed by atoms with Crippen LogP contribution in [0, 0.1) is 0 Å². The minimum Gasteiger partial charge on any atom is -0.387 e. The lowest BCUT2D eigenvalue weighted by molar-refractivity contribution is 0.413. The molecule has 1 saturated heterocycles. The van der Waals surface area contributed by atoms with Crippen molar-refractivity contribution in [2.24, 2.45) is 0 Å². The van der Waals surface area contributed by atoms with Crippen molar-refractivity contribution in [2.45, 2.75) is 33.1 Å². The fourth-order valence-electron chi connectivity index (χ4n) is 1.02. The minimum atomic E-state index is -0.199. The van der Waals surface area contributed by atoms with Crippen molar-refractivity contribution in [3.63, 3.8) is 0 Å². The summed E-state index contributed by atoms with van der Waals surface area (Å²) in [7, 11) is 0. The Bertz CT molecular complexity index is 210. The van der Waals surface area contributed by atoms with Crippen LogP contribution in [-0.2, 0) is 0 Å². The van der Waals surface area contributed by atoms with Crippen molar-refractivity contribution in [2.75, 3.05) is 13.1 Å². The summed E-state index contributed by atoms with van der Waals surface area (Å²) >= 11 is 0. The summed E-state index contributed by atoms with van der Waals surface area (Å²) in [5.41, 5.74) is -0.199. The van der Waals surface area contributed by atoms with Gasteiger partial charge in [0, 0.05) is 6.07 Å². The van der Waals surface area contributed by atoms with E-state index in [2.05, 4.69) is 15.0 Å². The molecular weight excluding hydrogens is 180 g/mol. The molecule has 4 nitrogen and oxygen atoms in total. The molecule has 0 aliphatic carbocycles. The van der Waals surface area contributed by atoms with Gasteiger partial charge in [0.2, 0.25) is 0 Å². The summed E-state index contributed by atoms with van der Waals surface area (Å²) in [6, 6.07) is 1.31. The molecule has 0 bridgehead atoms. The maximum atomic E-state index is 9.92. The predicted octanol–water partition coefficient (Wildman–Crippen LogP) is 1.75. The molecule has 1 aliphatic rings. The van der Waals surface area contributed by atoms with Crippen LogP contribution in [0.1, 0.15) is 33.1 Å². The van der Waals surface area contributed by atoms with E-state index in [4.69, 9.17) is 0 Å². The molecule has 0 atom stereocenters. The molecule has 82 valence electrons. The van der Waals surface area contributed by atoms with Gasteiger partial charge in [-0.3, -0.25) is 4.79 Å². The molecule has 1 fully saturated rings. The van der Waals surface area contributed by atoms with Crippen molar-refractivity contribution in [1.29, 1.82) is 0 Å². The Balaban J connectivity index is 0.000000206. The number of aromatic nitrogens is 1. The fraction of sp³-hybridized carbons (Fsp3) is 0.700. The summed E-state index contributed by atoms with van der Waals surface area (Å²) in [6.45, 7) is 6.50. The van der Waals surface area contributed by atoms with E-state index in [1.165, 1.54) is 44.7 Å². The van der Waals surface area contributed by atoms with Crippen LogP contribution in [-0.4, -0.2) is 18.2 Å². The first-order chi connectivity index (χ1) is 6.89. The van der Waals surface area contributed by atoms with E-state index < -0.39 is 0 Å². The maximum absolute atomic E-state index is 9.92. The average molecular weight is 200 g/mol. The fourth-order valence-corrected chi connectivity index (χ4v) is 1.02. The molecule has 0 amide bonds. The van der Waals surface area contributed by atoms with Crippen LogP contribution in [0.4, 0.5) is 0 Å². The average Bonchev–Trinajstić information content (AvgIpc) is 2.76. The maximum Gasteiger partial charge on any atom is 0.279 e. The molecular formula is C10H20N2O2. The van der Waals surface area contributed by atoms with E-state index in [1.807, 2.05) is 13.8 Å². The van der Waals surface area contributed by atoms with Crippen LogP contribution in [0.5, 0.6) is 0 Å². The molecule has 0 spiro atoms. The zero-order valence-electron chi connectivity index (χ0n) is 9.01. The normalized spacial score (nSPS) is 14.4. The van der Waals surface area contributed by atoms with E-state index in [0.717, 1.165) is 0 Å². The first-order valence-electron chi connectivity index (χ1n) is 5.22. The highest BCUT2D eigenvalue weighted by Gasteiger charge is 1.93. The number of aromatic amines is 1. The second-order valence-corrected chi connectivity index (χ2v) is 2.70. The van der Waals surface area contributed by atoms with Crippen molar-refractivity contribution in [3.05, 3.63) is 22.7 Å². The van der Waals surface area contributed by atoms with E-state index in [-0.39, 0.29) is 5.56 Å². The van der Waals surface area contributed by atoms with Crippen molar-refractivity contribution in [1.82, 2.24) is 10.5 Å². The first-order valence-corrected chi connectivity index (χ1v) is 5.22. The van der Waals surface area contributed by atoms with Gasteiger partial charge < -0.3 is 9.84 Å². The summed E-state index contributed by atoms with van der Waals surface area (Å²) in [5, 5.41) is 5.35. The number of piperidine rings is 1. The zero-order chi connectivity index (χ0) is 10.6. The number of hydrogen-bond donors (Lipinski definition) is 2. The third-order valence-corrected chi connectivity index (χ3v) is 1.65. The molecule has 1 aromatic rings. The van der Waals surface area contributed by atoms with Crippen LogP contribution in [0.2, 0.25) is 0 Å². The lowest BCUT2D eigenvalue weighted by Gasteiger charge is -2.08. The van der Waals surface area contributed by atoms with Crippen LogP contribution >= 0.6 is 0 Å². The molecule has 0 saturated carbocycles. The number of H-pyrrole nitrogens is 1. The molecule has 1 aromatic heterocycles. The lowest BCUT2D eigenvalue weighted by atomic mass is 10.2. The first kappa shape index (κ1) is 13.0.